The van der Waals surface area contributed by atoms with Crippen LogP contribution in [0.1, 0.15) is 46.5 Å². The van der Waals surface area contributed by atoms with Crippen molar-refractivity contribution in [3.05, 3.63) is 0 Å². The van der Waals surface area contributed by atoms with E-state index in [1.807, 2.05) is 0 Å². The molecule has 0 N–H and O–H groups in total. The highest BCUT2D eigenvalue weighted by Crippen LogP contribution is 2.27. The maximum Gasteiger partial charge on any atom is 0.0242 e. The van der Waals surface area contributed by atoms with Gasteiger partial charge in [-0.15, -0.1) is 9.24 Å². The zero-order chi connectivity index (χ0) is 9.84. The van der Waals surface area contributed by atoms with Gasteiger partial charge in [-0.25, -0.2) is 0 Å². The molecule has 1 fully saturated rings. The van der Waals surface area contributed by atoms with Crippen LogP contribution in [0.3, 0.4) is 0 Å². The van der Waals surface area contributed by atoms with Crippen LogP contribution in [0.2, 0.25) is 0 Å². The molecule has 0 radical (unpaired) electrons. The van der Waals surface area contributed by atoms with Crippen LogP contribution < -0.4 is 0 Å². The molecule has 0 saturated carbocycles. The summed E-state index contributed by atoms with van der Waals surface area (Å²) < 4.78 is 0. The molecule has 1 nitrogen and oxygen atoms in total. The second-order valence-corrected chi connectivity index (χ2v) is 5.33. The van der Waals surface area contributed by atoms with Crippen molar-refractivity contribution in [2.45, 2.75) is 58.3 Å². The molecule has 13 heavy (non-hydrogen) atoms. The maximum atomic E-state index is 3.01. The zero-order valence-corrected chi connectivity index (χ0v) is 10.4. The van der Waals surface area contributed by atoms with E-state index in [9.17, 15) is 0 Å². The molecule has 4 unspecified atom stereocenters. The molecular weight excluding hydrogens is 177 g/mol. The molecular formula is C11H24NP. The highest BCUT2D eigenvalue weighted by atomic mass is 31.0. The fourth-order valence-corrected chi connectivity index (χ4v) is 2.74. The van der Waals surface area contributed by atoms with Gasteiger partial charge < -0.3 is 0 Å². The molecule has 1 aliphatic heterocycles. The number of piperidine rings is 1. The quantitative estimate of drug-likeness (QED) is 0.634. The molecule has 0 spiro atoms. The Bertz CT molecular complexity index is 139. The van der Waals surface area contributed by atoms with Crippen LogP contribution in [0.4, 0.5) is 0 Å². The second kappa shape index (κ2) is 5.32. The Hall–Kier alpha value is 0.390. The van der Waals surface area contributed by atoms with Gasteiger partial charge in [0.15, 0.2) is 0 Å². The van der Waals surface area contributed by atoms with Gasteiger partial charge in [-0.05, 0) is 25.7 Å². The third-order valence-corrected chi connectivity index (χ3v) is 4.05. The first-order valence-corrected chi connectivity index (χ1v) is 6.33. The average molecular weight is 201 g/mol. The van der Waals surface area contributed by atoms with Gasteiger partial charge in [0.1, 0.15) is 0 Å². The molecule has 1 aliphatic rings. The highest BCUT2D eigenvalue weighted by Gasteiger charge is 2.25. The number of nitrogens with zero attached hydrogens (tertiary/aromatic N) is 1. The lowest BCUT2D eigenvalue weighted by Gasteiger charge is -2.40. The van der Waals surface area contributed by atoms with E-state index in [1.165, 1.54) is 32.2 Å². The molecule has 0 aromatic rings. The van der Waals surface area contributed by atoms with Gasteiger partial charge in [-0.2, -0.15) is 0 Å². The van der Waals surface area contributed by atoms with Crippen molar-refractivity contribution in [3.63, 3.8) is 0 Å². The number of hydrogen-bond acceptors (Lipinski definition) is 1. The lowest BCUT2D eigenvalue weighted by Crippen LogP contribution is -2.44. The molecule has 0 aromatic heterocycles. The van der Waals surface area contributed by atoms with E-state index in [4.69, 9.17) is 0 Å². The maximum absolute atomic E-state index is 3.01. The number of hydrogen-bond donors (Lipinski definition) is 0. The van der Waals surface area contributed by atoms with Gasteiger partial charge in [-0.3, -0.25) is 4.90 Å². The lowest BCUT2D eigenvalue weighted by molar-refractivity contribution is 0.121. The first kappa shape index (κ1) is 11.5. The smallest absolute Gasteiger partial charge is 0.0242 e. The van der Waals surface area contributed by atoms with Gasteiger partial charge in [0, 0.05) is 18.4 Å². The fraction of sp³-hybridized carbons (Fsp3) is 1.00. The Morgan fingerprint density at radius 3 is 2.69 bits per heavy atom. The Labute approximate surface area is 85.5 Å². The minimum absolute atomic E-state index is 0.734. The Morgan fingerprint density at radius 2 is 2.15 bits per heavy atom. The normalized spacial score (nSPS) is 33.2. The van der Waals surface area contributed by atoms with Crippen molar-refractivity contribution in [3.8, 4) is 0 Å². The summed E-state index contributed by atoms with van der Waals surface area (Å²) in [5.74, 6) is 1.58. The highest BCUT2D eigenvalue weighted by molar-refractivity contribution is 7.17. The van der Waals surface area contributed by atoms with Crippen molar-refractivity contribution >= 4 is 9.24 Å². The molecule has 78 valence electrons. The van der Waals surface area contributed by atoms with Crippen molar-refractivity contribution < 1.29 is 0 Å². The molecule has 1 heterocycles. The van der Waals surface area contributed by atoms with Crippen LogP contribution in [0.5, 0.6) is 0 Å². The molecule has 1 saturated heterocycles. The second-order valence-electron chi connectivity index (χ2n) is 4.56. The summed E-state index contributed by atoms with van der Waals surface area (Å²) >= 11 is 0. The van der Waals surface area contributed by atoms with Gasteiger partial charge in [0.2, 0.25) is 0 Å². The summed E-state index contributed by atoms with van der Waals surface area (Å²) in [6.07, 6.45) is 5.47. The summed E-state index contributed by atoms with van der Waals surface area (Å²) in [4.78, 5) is 2.67. The standard InChI is InChI=1S/C11H24NP/c1-4-9(2)8-12-10(3)6-5-7-11(12)13/h9-11H,4-8,13H2,1-3H3. The predicted octanol–water partition coefficient (Wildman–Crippen LogP) is 3.11. The zero-order valence-electron chi connectivity index (χ0n) is 9.29. The van der Waals surface area contributed by atoms with Crippen LogP contribution in [-0.2, 0) is 0 Å². The summed E-state index contributed by atoms with van der Waals surface area (Å²) in [6.45, 7) is 8.31. The minimum Gasteiger partial charge on any atom is -0.294 e. The van der Waals surface area contributed by atoms with Gasteiger partial charge in [0.25, 0.3) is 0 Å². The summed E-state index contributed by atoms with van der Waals surface area (Å²) in [7, 11) is 3.01. The Morgan fingerprint density at radius 1 is 1.46 bits per heavy atom. The Balaban J connectivity index is 2.43. The van der Waals surface area contributed by atoms with E-state index in [2.05, 4.69) is 34.9 Å². The summed E-state index contributed by atoms with van der Waals surface area (Å²) in [5, 5.41) is 0. The SMILES string of the molecule is CCC(C)CN1C(C)CCCC1P. The van der Waals surface area contributed by atoms with Crippen molar-refractivity contribution in [1.82, 2.24) is 4.90 Å². The average Bonchev–Trinajstić information content (AvgIpc) is 2.11. The van der Waals surface area contributed by atoms with Crippen LogP contribution in [-0.4, -0.2) is 23.3 Å². The number of rotatable bonds is 3. The monoisotopic (exact) mass is 201 g/mol. The van der Waals surface area contributed by atoms with Crippen molar-refractivity contribution in [1.29, 1.82) is 0 Å². The number of likely N-dealkylation sites (tertiary alicyclic amines) is 1. The third-order valence-electron chi connectivity index (χ3n) is 3.33. The molecule has 0 amide bonds. The van der Waals surface area contributed by atoms with E-state index in [0.717, 1.165) is 17.7 Å². The molecule has 0 aromatic carbocycles. The molecule has 4 atom stereocenters. The van der Waals surface area contributed by atoms with Crippen molar-refractivity contribution in [2.75, 3.05) is 6.54 Å². The predicted molar refractivity (Wildman–Crippen MR) is 63.0 cm³/mol. The molecule has 0 aliphatic carbocycles. The third kappa shape index (κ3) is 3.22. The molecule has 1 rings (SSSR count). The van der Waals surface area contributed by atoms with Gasteiger partial charge in [-0.1, -0.05) is 26.7 Å². The van der Waals surface area contributed by atoms with Crippen molar-refractivity contribution in [2.24, 2.45) is 5.92 Å². The van der Waals surface area contributed by atoms with E-state index in [1.54, 1.807) is 0 Å². The molecule has 0 bridgehead atoms. The van der Waals surface area contributed by atoms with Crippen LogP contribution in [0, 0.1) is 5.92 Å². The van der Waals surface area contributed by atoms with E-state index < -0.39 is 0 Å². The van der Waals surface area contributed by atoms with E-state index in [0.29, 0.717) is 0 Å². The summed E-state index contributed by atoms with van der Waals surface area (Å²) in [5.41, 5.74) is 0. The first-order chi connectivity index (χ1) is 6.15. The summed E-state index contributed by atoms with van der Waals surface area (Å²) in [6, 6.07) is 0.797. The lowest BCUT2D eigenvalue weighted by atomic mass is 10.0. The van der Waals surface area contributed by atoms with Gasteiger partial charge >= 0.3 is 0 Å². The topological polar surface area (TPSA) is 3.24 Å². The minimum atomic E-state index is 0.734. The van der Waals surface area contributed by atoms with Gasteiger partial charge in [0.05, 0.1) is 0 Å². The van der Waals surface area contributed by atoms with Crippen LogP contribution in [0.25, 0.3) is 0 Å². The largest absolute Gasteiger partial charge is 0.294 e. The van der Waals surface area contributed by atoms with Crippen LogP contribution >= 0.6 is 9.24 Å². The Kier molecular flexibility index (Phi) is 4.69. The molecule has 2 heteroatoms. The van der Waals surface area contributed by atoms with E-state index >= 15 is 0 Å². The fourth-order valence-electron chi connectivity index (χ4n) is 2.09. The van der Waals surface area contributed by atoms with Crippen LogP contribution in [0.15, 0.2) is 0 Å². The first-order valence-electron chi connectivity index (χ1n) is 5.66. The van der Waals surface area contributed by atoms with E-state index in [-0.39, 0.29) is 0 Å².